The predicted octanol–water partition coefficient (Wildman–Crippen LogP) is 2.15. The summed E-state index contributed by atoms with van der Waals surface area (Å²) >= 11 is 0. The number of furan rings is 1. The number of hydrogen-bond acceptors (Lipinski definition) is 4. The van der Waals surface area contributed by atoms with Gasteiger partial charge in [0, 0.05) is 0 Å². The van der Waals surface area contributed by atoms with Gasteiger partial charge in [-0.05, 0) is 39.8 Å². The quantitative estimate of drug-likeness (QED) is 0.850. The van der Waals surface area contributed by atoms with Gasteiger partial charge in [-0.15, -0.1) is 0 Å². The molecule has 1 aromatic heterocycles. The van der Waals surface area contributed by atoms with Crippen LogP contribution in [0.4, 0.5) is 4.79 Å². The van der Waals surface area contributed by atoms with Gasteiger partial charge in [0.15, 0.2) is 0 Å². The molecule has 1 unspecified atom stereocenters. The van der Waals surface area contributed by atoms with Crippen LogP contribution in [0.5, 0.6) is 0 Å². The Hall–Kier alpha value is -1.49. The number of aliphatic hydroxyl groups excluding tert-OH is 1. The minimum Gasteiger partial charge on any atom is -0.464 e. The van der Waals surface area contributed by atoms with Crippen molar-refractivity contribution in [1.82, 2.24) is 5.32 Å². The highest BCUT2D eigenvalue weighted by Crippen LogP contribution is 2.15. The summed E-state index contributed by atoms with van der Waals surface area (Å²) in [4.78, 5) is 11.3. The number of ether oxygens (including phenoxy) is 1. The van der Waals surface area contributed by atoms with Gasteiger partial charge in [-0.3, -0.25) is 0 Å². The first-order valence-electron chi connectivity index (χ1n) is 5.49. The van der Waals surface area contributed by atoms with E-state index in [1.165, 1.54) is 0 Å². The predicted molar refractivity (Wildman–Crippen MR) is 62.6 cm³/mol. The maximum absolute atomic E-state index is 11.3. The summed E-state index contributed by atoms with van der Waals surface area (Å²) in [6.45, 7) is 7.18. The molecule has 0 aromatic carbocycles. The second-order valence-corrected chi connectivity index (χ2v) is 4.85. The number of nitrogens with one attached hydrogen (secondary N) is 1. The van der Waals surface area contributed by atoms with E-state index >= 15 is 0 Å². The highest BCUT2D eigenvalue weighted by molar-refractivity contribution is 5.67. The smallest absolute Gasteiger partial charge is 0.407 e. The Morgan fingerprint density at radius 1 is 1.53 bits per heavy atom. The number of alkyl carbamates (subject to hydrolysis) is 1. The monoisotopic (exact) mass is 241 g/mol. The first-order valence-corrected chi connectivity index (χ1v) is 5.49. The van der Waals surface area contributed by atoms with E-state index in [4.69, 9.17) is 9.15 Å². The lowest BCUT2D eigenvalue weighted by atomic mass is 10.2. The molecule has 0 saturated heterocycles. The van der Waals surface area contributed by atoms with Crippen molar-refractivity contribution in [3.05, 3.63) is 23.7 Å². The zero-order valence-electron chi connectivity index (χ0n) is 10.6. The number of carbonyl (C=O) groups excluding carboxylic acids is 1. The fraction of sp³-hybridized carbons (Fsp3) is 0.583. The second-order valence-electron chi connectivity index (χ2n) is 4.85. The largest absolute Gasteiger partial charge is 0.464 e. The van der Waals surface area contributed by atoms with Crippen LogP contribution in [-0.2, 0) is 4.74 Å². The van der Waals surface area contributed by atoms with Gasteiger partial charge in [-0.1, -0.05) is 0 Å². The molecular formula is C12H19NO4. The maximum atomic E-state index is 11.3. The van der Waals surface area contributed by atoms with Gasteiger partial charge in [0.2, 0.25) is 0 Å². The molecule has 0 aliphatic rings. The molecule has 0 saturated carbocycles. The molecular weight excluding hydrogens is 222 g/mol. The highest BCUT2D eigenvalue weighted by Gasteiger charge is 2.18. The first-order chi connectivity index (χ1) is 7.78. The zero-order chi connectivity index (χ0) is 13.1. The topological polar surface area (TPSA) is 71.7 Å². The Balaban J connectivity index is 2.38. The van der Waals surface area contributed by atoms with Crippen LogP contribution in [0.2, 0.25) is 0 Å². The summed E-state index contributed by atoms with van der Waals surface area (Å²) in [5.41, 5.74) is -0.545. The molecule has 0 bridgehead atoms. The number of hydrogen-bond donors (Lipinski definition) is 2. The van der Waals surface area contributed by atoms with Gasteiger partial charge >= 0.3 is 6.09 Å². The Morgan fingerprint density at radius 3 is 2.65 bits per heavy atom. The number of amides is 1. The van der Waals surface area contributed by atoms with Crippen LogP contribution in [0.15, 0.2) is 16.5 Å². The average Bonchev–Trinajstić information content (AvgIpc) is 2.58. The number of rotatable bonds is 3. The van der Waals surface area contributed by atoms with Crippen molar-refractivity contribution in [3.63, 3.8) is 0 Å². The third-order valence-electron chi connectivity index (χ3n) is 1.93. The Bertz CT molecular complexity index is 378. The van der Waals surface area contributed by atoms with E-state index in [1.807, 2.05) is 0 Å². The number of carbonyl (C=O) groups is 1. The Labute approximate surface area is 101 Å². The Morgan fingerprint density at radius 2 is 2.18 bits per heavy atom. The van der Waals surface area contributed by atoms with Crippen molar-refractivity contribution < 1.29 is 19.1 Å². The summed E-state index contributed by atoms with van der Waals surface area (Å²) in [5.74, 6) is 1.15. The zero-order valence-corrected chi connectivity index (χ0v) is 10.6. The van der Waals surface area contributed by atoms with E-state index in [2.05, 4.69) is 5.32 Å². The van der Waals surface area contributed by atoms with E-state index in [9.17, 15) is 9.90 Å². The molecule has 2 N–H and O–H groups in total. The minimum absolute atomic E-state index is 0.0574. The van der Waals surface area contributed by atoms with Crippen molar-refractivity contribution in [2.45, 2.75) is 39.4 Å². The molecule has 5 nitrogen and oxygen atoms in total. The van der Waals surface area contributed by atoms with Gasteiger partial charge in [-0.25, -0.2) is 4.79 Å². The standard InChI is InChI=1S/C12H19NO4/c1-8-5-6-10(16-8)9(14)7-13-11(15)17-12(2,3)4/h5-6,9,14H,7H2,1-4H3,(H,13,15). The normalized spacial score (nSPS) is 13.2. The first kappa shape index (κ1) is 13.6. The van der Waals surface area contributed by atoms with Crippen molar-refractivity contribution >= 4 is 6.09 Å². The van der Waals surface area contributed by atoms with Crippen molar-refractivity contribution in [2.24, 2.45) is 0 Å². The molecule has 17 heavy (non-hydrogen) atoms. The molecule has 1 atom stereocenters. The highest BCUT2D eigenvalue weighted by atomic mass is 16.6. The van der Waals surface area contributed by atoms with Crippen LogP contribution < -0.4 is 5.32 Å². The minimum atomic E-state index is -0.865. The van der Waals surface area contributed by atoms with Gasteiger partial charge in [0.1, 0.15) is 23.2 Å². The Kier molecular flexibility index (Phi) is 4.17. The summed E-state index contributed by atoms with van der Waals surface area (Å²) in [5, 5.41) is 12.2. The van der Waals surface area contributed by atoms with Crippen molar-refractivity contribution in [2.75, 3.05) is 6.54 Å². The van der Waals surface area contributed by atoms with E-state index in [1.54, 1.807) is 39.8 Å². The molecule has 0 spiro atoms. The number of aliphatic hydroxyl groups is 1. The van der Waals surface area contributed by atoms with E-state index < -0.39 is 17.8 Å². The average molecular weight is 241 g/mol. The third-order valence-corrected chi connectivity index (χ3v) is 1.93. The molecule has 0 radical (unpaired) electrons. The van der Waals surface area contributed by atoms with Crippen molar-refractivity contribution in [3.8, 4) is 0 Å². The molecule has 5 heteroatoms. The molecule has 0 fully saturated rings. The van der Waals surface area contributed by atoms with E-state index in [0.717, 1.165) is 5.76 Å². The fourth-order valence-electron chi connectivity index (χ4n) is 1.23. The molecule has 96 valence electrons. The van der Waals surface area contributed by atoms with Crippen LogP contribution in [0.3, 0.4) is 0 Å². The second kappa shape index (κ2) is 5.23. The summed E-state index contributed by atoms with van der Waals surface area (Å²) < 4.78 is 10.3. The van der Waals surface area contributed by atoms with Crippen LogP contribution in [0, 0.1) is 6.92 Å². The molecule has 1 amide bonds. The van der Waals surface area contributed by atoms with E-state index in [0.29, 0.717) is 5.76 Å². The third kappa shape index (κ3) is 4.91. The van der Waals surface area contributed by atoms with Gasteiger partial charge in [0.25, 0.3) is 0 Å². The van der Waals surface area contributed by atoms with Gasteiger partial charge in [-0.2, -0.15) is 0 Å². The van der Waals surface area contributed by atoms with Gasteiger partial charge in [0.05, 0.1) is 6.54 Å². The summed E-state index contributed by atoms with van der Waals surface area (Å²) in [7, 11) is 0. The van der Waals surface area contributed by atoms with Crippen LogP contribution in [0.25, 0.3) is 0 Å². The lowest BCUT2D eigenvalue weighted by Crippen LogP contribution is -2.34. The van der Waals surface area contributed by atoms with Crippen LogP contribution in [0.1, 0.15) is 38.4 Å². The van der Waals surface area contributed by atoms with E-state index in [-0.39, 0.29) is 6.54 Å². The van der Waals surface area contributed by atoms with Gasteiger partial charge < -0.3 is 19.6 Å². The maximum Gasteiger partial charge on any atom is 0.407 e. The lowest BCUT2D eigenvalue weighted by Gasteiger charge is -2.20. The van der Waals surface area contributed by atoms with Crippen molar-refractivity contribution in [1.29, 1.82) is 0 Å². The molecule has 1 rings (SSSR count). The number of aryl methyl sites for hydroxylation is 1. The molecule has 1 aromatic rings. The van der Waals surface area contributed by atoms with Crippen LogP contribution in [-0.4, -0.2) is 23.3 Å². The summed E-state index contributed by atoms with van der Waals surface area (Å²) in [6.07, 6.45) is -1.42. The molecule has 0 aliphatic carbocycles. The molecule has 0 aliphatic heterocycles. The van der Waals surface area contributed by atoms with Crippen LogP contribution >= 0.6 is 0 Å². The fourth-order valence-corrected chi connectivity index (χ4v) is 1.23. The SMILES string of the molecule is Cc1ccc(C(O)CNC(=O)OC(C)(C)C)o1. The molecule has 1 heterocycles. The lowest BCUT2D eigenvalue weighted by molar-refractivity contribution is 0.0482. The summed E-state index contributed by atoms with van der Waals surface area (Å²) in [6, 6.07) is 3.43.